The van der Waals surface area contributed by atoms with Crippen LogP contribution in [0.4, 0.5) is 9.28 Å². The van der Waals surface area contributed by atoms with Crippen LogP contribution in [0.3, 0.4) is 0 Å². The molecule has 0 radical (unpaired) electrons. The van der Waals surface area contributed by atoms with Crippen LogP contribution in [-0.4, -0.2) is 17.1 Å². The zero-order chi connectivity index (χ0) is 10.8. The highest BCUT2D eigenvalue weighted by atomic mass is 19.2. The van der Waals surface area contributed by atoms with Crippen LogP contribution in [0.1, 0.15) is 18.0 Å². The number of halogens is 1. The first-order valence-corrected chi connectivity index (χ1v) is 4.52. The van der Waals surface area contributed by atoms with Crippen LogP contribution >= 0.6 is 0 Å². The van der Waals surface area contributed by atoms with Crippen LogP contribution in [0.15, 0.2) is 30.3 Å². The molecule has 5 heteroatoms. The average molecular weight is 208 g/mol. The van der Waals surface area contributed by atoms with Crippen molar-refractivity contribution in [2.24, 2.45) is 0 Å². The molecule has 0 bridgehead atoms. The SMILES string of the molecule is O=C1CC(c2ccccc2)NC(=O)N1F. The van der Waals surface area contributed by atoms with Gasteiger partial charge in [-0.2, -0.15) is 0 Å². The van der Waals surface area contributed by atoms with Crippen molar-refractivity contribution in [2.75, 3.05) is 0 Å². The van der Waals surface area contributed by atoms with Crippen molar-refractivity contribution in [1.82, 2.24) is 10.4 Å². The van der Waals surface area contributed by atoms with Crippen molar-refractivity contribution < 1.29 is 14.1 Å². The van der Waals surface area contributed by atoms with Gasteiger partial charge in [0.25, 0.3) is 5.91 Å². The fourth-order valence-electron chi connectivity index (χ4n) is 1.51. The highest BCUT2D eigenvalue weighted by molar-refractivity contribution is 5.95. The van der Waals surface area contributed by atoms with Gasteiger partial charge in [-0.25, -0.2) is 4.79 Å². The number of amides is 3. The number of urea groups is 1. The third-order valence-electron chi connectivity index (χ3n) is 2.28. The Bertz CT molecular complexity index is 376. The lowest BCUT2D eigenvalue weighted by molar-refractivity contribution is -0.142. The van der Waals surface area contributed by atoms with Crippen LogP contribution in [0.25, 0.3) is 0 Å². The third-order valence-corrected chi connectivity index (χ3v) is 2.28. The quantitative estimate of drug-likeness (QED) is 0.712. The summed E-state index contributed by atoms with van der Waals surface area (Å²) in [5, 5.41) is 2.01. The number of carbonyl (C=O) groups is 2. The zero-order valence-electron chi connectivity index (χ0n) is 7.81. The Balaban J connectivity index is 2.20. The average Bonchev–Trinajstić information content (AvgIpc) is 2.26. The molecule has 2 rings (SSSR count). The summed E-state index contributed by atoms with van der Waals surface area (Å²) < 4.78 is 12.7. The van der Waals surface area contributed by atoms with Gasteiger partial charge in [0.15, 0.2) is 0 Å². The molecule has 0 aromatic heterocycles. The van der Waals surface area contributed by atoms with Crippen LogP contribution in [0.5, 0.6) is 0 Å². The topological polar surface area (TPSA) is 49.4 Å². The van der Waals surface area contributed by atoms with Gasteiger partial charge in [0.2, 0.25) is 0 Å². The Labute approximate surface area is 85.6 Å². The molecule has 1 aliphatic heterocycles. The smallest absolute Gasteiger partial charge is 0.328 e. The van der Waals surface area contributed by atoms with E-state index in [0.717, 1.165) is 5.56 Å². The van der Waals surface area contributed by atoms with E-state index in [9.17, 15) is 14.1 Å². The molecule has 78 valence electrons. The van der Waals surface area contributed by atoms with Gasteiger partial charge in [-0.15, -0.1) is 0 Å². The Hall–Kier alpha value is -1.91. The number of nitrogens with one attached hydrogen (secondary N) is 1. The molecule has 4 nitrogen and oxygen atoms in total. The van der Waals surface area contributed by atoms with Gasteiger partial charge in [-0.3, -0.25) is 4.79 Å². The molecule has 1 aliphatic rings. The monoisotopic (exact) mass is 208 g/mol. The molecule has 1 atom stereocenters. The number of hydrogen-bond donors (Lipinski definition) is 1. The molecule has 15 heavy (non-hydrogen) atoms. The van der Waals surface area contributed by atoms with Gasteiger partial charge in [0, 0.05) is 0 Å². The van der Waals surface area contributed by atoms with Crippen molar-refractivity contribution in [3.05, 3.63) is 35.9 Å². The van der Waals surface area contributed by atoms with Gasteiger partial charge >= 0.3 is 6.03 Å². The van der Waals surface area contributed by atoms with Crippen molar-refractivity contribution >= 4 is 11.9 Å². The largest absolute Gasteiger partial charge is 0.353 e. The maximum absolute atomic E-state index is 12.7. The molecule has 1 aromatic carbocycles. The van der Waals surface area contributed by atoms with E-state index < -0.39 is 18.0 Å². The van der Waals surface area contributed by atoms with E-state index >= 15 is 0 Å². The van der Waals surface area contributed by atoms with Crippen molar-refractivity contribution in [3.8, 4) is 0 Å². The Morgan fingerprint density at radius 2 is 1.93 bits per heavy atom. The summed E-state index contributed by atoms with van der Waals surface area (Å²) in [6, 6.07) is 7.57. The second-order valence-corrected chi connectivity index (χ2v) is 3.29. The Morgan fingerprint density at radius 3 is 2.53 bits per heavy atom. The minimum Gasteiger partial charge on any atom is -0.328 e. The summed E-state index contributed by atoms with van der Waals surface area (Å²) >= 11 is 0. The molecule has 3 amide bonds. The summed E-state index contributed by atoms with van der Waals surface area (Å²) in [4.78, 5) is 22.1. The fraction of sp³-hybridized carbons (Fsp3) is 0.200. The van der Waals surface area contributed by atoms with E-state index in [1.807, 2.05) is 6.07 Å². The van der Waals surface area contributed by atoms with Gasteiger partial charge in [0.05, 0.1) is 12.5 Å². The van der Waals surface area contributed by atoms with Crippen molar-refractivity contribution in [3.63, 3.8) is 0 Å². The van der Waals surface area contributed by atoms with Gasteiger partial charge in [-0.05, 0) is 5.56 Å². The number of carbonyl (C=O) groups excluding carboxylic acids is 2. The molecular weight excluding hydrogens is 199 g/mol. The zero-order valence-corrected chi connectivity index (χ0v) is 7.81. The van der Waals surface area contributed by atoms with Gasteiger partial charge < -0.3 is 5.32 Å². The predicted molar refractivity (Wildman–Crippen MR) is 50.3 cm³/mol. The van der Waals surface area contributed by atoms with E-state index in [0.29, 0.717) is 0 Å². The standard InChI is InChI=1S/C10H9FN2O2/c11-13-9(14)6-8(12-10(13)15)7-4-2-1-3-5-7/h1-5,8H,6H2,(H,12,15). The highest BCUT2D eigenvalue weighted by Gasteiger charge is 2.32. The number of imide groups is 1. The number of rotatable bonds is 1. The molecular formula is C10H9FN2O2. The minimum absolute atomic E-state index is 0.0494. The fourth-order valence-corrected chi connectivity index (χ4v) is 1.51. The second kappa shape index (κ2) is 3.68. The van der Waals surface area contributed by atoms with Crippen LogP contribution in [0.2, 0.25) is 0 Å². The van der Waals surface area contributed by atoms with Crippen LogP contribution in [0, 0.1) is 0 Å². The normalized spacial score (nSPS) is 21.4. The van der Waals surface area contributed by atoms with Gasteiger partial charge in [0.1, 0.15) is 0 Å². The van der Waals surface area contributed by atoms with E-state index in [1.54, 1.807) is 24.3 Å². The molecule has 0 spiro atoms. The van der Waals surface area contributed by atoms with Crippen molar-refractivity contribution in [1.29, 1.82) is 0 Å². The number of benzene rings is 1. The summed E-state index contributed by atoms with van der Waals surface area (Å²) in [5.74, 6) is -0.812. The Morgan fingerprint density at radius 1 is 1.27 bits per heavy atom. The maximum atomic E-state index is 12.7. The first kappa shape index (κ1) is 9.64. The van der Waals surface area contributed by atoms with Crippen LogP contribution < -0.4 is 5.32 Å². The molecule has 1 aromatic rings. The Kier molecular flexibility index (Phi) is 2.37. The molecule has 1 N–H and O–H groups in total. The molecule has 1 heterocycles. The second-order valence-electron chi connectivity index (χ2n) is 3.29. The summed E-state index contributed by atoms with van der Waals surface area (Å²) in [5.41, 5.74) is 0.798. The minimum atomic E-state index is -1.000. The highest BCUT2D eigenvalue weighted by Crippen LogP contribution is 2.21. The van der Waals surface area contributed by atoms with E-state index in [2.05, 4.69) is 5.32 Å². The summed E-state index contributed by atoms with van der Waals surface area (Å²) in [6.45, 7) is 0. The lowest BCUT2D eigenvalue weighted by Crippen LogP contribution is -2.47. The summed E-state index contributed by atoms with van der Waals surface area (Å²) in [6.07, 6.45) is -0.0494. The predicted octanol–water partition coefficient (Wildman–Crippen LogP) is 1.55. The molecule has 0 saturated carbocycles. The molecule has 1 saturated heterocycles. The molecule has 1 fully saturated rings. The first-order chi connectivity index (χ1) is 7.18. The van der Waals surface area contributed by atoms with Crippen LogP contribution in [-0.2, 0) is 4.79 Å². The van der Waals surface area contributed by atoms with E-state index in [1.165, 1.54) is 0 Å². The lowest BCUT2D eigenvalue weighted by atomic mass is 10.0. The van der Waals surface area contributed by atoms with Crippen molar-refractivity contribution in [2.45, 2.75) is 12.5 Å². The third kappa shape index (κ3) is 1.81. The number of hydrogen-bond acceptors (Lipinski definition) is 2. The number of nitrogens with zero attached hydrogens (tertiary/aromatic N) is 1. The lowest BCUT2D eigenvalue weighted by Gasteiger charge is -2.25. The first-order valence-electron chi connectivity index (χ1n) is 4.52. The summed E-state index contributed by atoms with van der Waals surface area (Å²) in [7, 11) is 0. The van der Waals surface area contributed by atoms with E-state index in [-0.39, 0.29) is 11.5 Å². The molecule has 0 aliphatic carbocycles. The maximum Gasteiger partial charge on any atom is 0.353 e. The van der Waals surface area contributed by atoms with E-state index in [4.69, 9.17) is 0 Å². The van der Waals surface area contributed by atoms with Gasteiger partial charge in [-0.1, -0.05) is 39.9 Å². The molecule has 1 unspecified atom stereocenters.